The van der Waals surface area contributed by atoms with Gasteiger partial charge in [-0.3, -0.25) is 9.20 Å². The molecule has 24 heavy (non-hydrogen) atoms. The van der Waals surface area contributed by atoms with Gasteiger partial charge in [0, 0.05) is 23.7 Å². The molecule has 0 radical (unpaired) electrons. The Morgan fingerprint density at radius 3 is 2.75 bits per heavy atom. The Bertz CT molecular complexity index is 832. The van der Waals surface area contributed by atoms with Crippen molar-refractivity contribution >= 4 is 22.2 Å². The van der Waals surface area contributed by atoms with Gasteiger partial charge in [-0.25, -0.2) is 4.98 Å². The van der Waals surface area contributed by atoms with E-state index in [9.17, 15) is 4.79 Å². The Hall–Kier alpha value is -2.18. The average molecular weight is 342 g/mol. The van der Waals surface area contributed by atoms with E-state index in [2.05, 4.69) is 46.4 Å². The maximum Gasteiger partial charge on any atom is 0.269 e. The van der Waals surface area contributed by atoms with Crippen molar-refractivity contribution in [3.63, 3.8) is 0 Å². The Balaban J connectivity index is 1.75. The summed E-state index contributed by atoms with van der Waals surface area (Å²) >= 11 is 1.49. The number of nitrogens with zero attached hydrogens (tertiary/aromatic N) is 3. The molecule has 126 valence electrons. The summed E-state index contributed by atoms with van der Waals surface area (Å²) < 4.78 is 1.88. The number of thiazole rings is 1. The average Bonchev–Trinajstić information content (AvgIpc) is 3.12. The molecule has 0 fully saturated rings. The topological polar surface area (TPSA) is 49.6 Å². The minimum atomic E-state index is -0.0483. The number of imidazole rings is 1. The van der Waals surface area contributed by atoms with Crippen LogP contribution in [0.25, 0.3) is 16.2 Å². The van der Waals surface area contributed by atoms with E-state index < -0.39 is 0 Å². The Labute approximate surface area is 145 Å². The summed E-state index contributed by atoms with van der Waals surface area (Å²) in [7, 11) is 4.06. The lowest BCUT2D eigenvalue weighted by molar-refractivity contribution is 0.0946. The van der Waals surface area contributed by atoms with Gasteiger partial charge in [0.25, 0.3) is 5.91 Å². The second-order valence-electron chi connectivity index (χ2n) is 6.18. The lowest BCUT2D eigenvalue weighted by Crippen LogP contribution is -2.27. The van der Waals surface area contributed by atoms with Gasteiger partial charge in [-0.2, -0.15) is 0 Å². The fourth-order valence-electron chi connectivity index (χ4n) is 2.50. The van der Waals surface area contributed by atoms with Crippen LogP contribution in [0.5, 0.6) is 0 Å². The fourth-order valence-corrected chi connectivity index (χ4v) is 3.35. The zero-order chi connectivity index (χ0) is 17.1. The first-order valence-corrected chi connectivity index (χ1v) is 8.89. The summed E-state index contributed by atoms with van der Waals surface area (Å²) in [5, 5.41) is 4.85. The molecule has 0 saturated carbocycles. The van der Waals surface area contributed by atoms with Crippen molar-refractivity contribution in [1.82, 2.24) is 19.6 Å². The minimum absolute atomic E-state index is 0.0483. The molecule has 2 aromatic heterocycles. The van der Waals surface area contributed by atoms with Crippen molar-refractivity contribution in [2.45, 2.75) is 13.3 Å². The first kappa shape index (κ1) is 16.7. The summed E-state index contributed by atoms with van der Waals surface area (Å²) in [6.07, 6.45) is 2.87. The van der Waals surface area contributed by atoms with E-state index in [0.717, 1.165) is 29.2 Å². The SMILES string of the molecule is Cc1ccc(-c2cn3c(C(=O)NCCCN(C)C)csc3n2)cc1. The highest BCUT2D eigenvalue weighted by Crippen LogP contribution is 2.24. The van der Waals surface area contributed by atoms with Gasteiger partial charge >= 0.3 is 0 Å². The smallest absolute Gasteiger partial charge is 0.269 e. The largest absolute Gasteiger partial charge is 0.351 e. The molecule has 0 aliphatic carbocycles. The number of carbonyl (C=O) groups excluding carboxylic acids is 1. The summed E-state index contributed by atoms with van der Waals surface area (Å²) in [5.41, 5.74) is 3.82. The number of hydrogen-bond acceptors (Lipinski definition) is 4. The van der Waals surface area contributed by atoms with E-state index in [1.807, 2.05) is 30.1 Å². The minimum Gasteiger partial charge on any atom is -0.351 e. The molecule has 1 aromatic carbocycles. The number of rotatable bonds is 6. The van der Waals surface area contributed by atoms with Crippen molar-refractivity contribution in [2.24, 2.45) is 0 Å². The number of benzene rings is 1. The molecule has 5 nitrogen and oxygen atoms in total. The standard InChI is InChI=1S/C18H22N4OS/c1-13-5-7-14(8-6-13)15-11-22-16(12-24-18(22)20-15)17(23)19-9-4-10-21(2)3/h5-8,11-12H,4,9-10H2,1-3H3,(H,19,23). The molecule has 3 aromatic rings. The van der Waals surface area contributed by atoms with Crippen molar-refractivity contribution in [3.8, 4) is 11.3 Å². The number of hydrogen-bond donors (Lipinski definition) is 1. The van der Waals surface area contributed by atoms with Crippen LogP contribution in [0.3, 0.4) is 0 Å². The van der Waals surface area contributed by atoms with Crippen LogP contribution < -0.4 is 5.32 Å². The van der Waals surface area contributed by atoms with Gasteiger partial charge in [0.1, 0.15) is 5.69 Å². The van der Waals surface area contributed by atoms with E-state index in [-0.39, 0.29) is 5.91 Å². The Kier molecular flexibility index (Phi) is 4.97. The molecule has 1 amide bonds. The van der Waals surface area contributed by atoms with Crippen LogP contribution in [0.15, 0.2) is 35.8 Å². The second kappa shape index (κ2) is 7.15. The maximum absolute atomic E-state index is 12.4. The molecule has 0 spiro atoms. The van der Waals surface area contributed by atoms with Crippen LogP contribution in [0, 0.1) is 6.92 Å². The third kappa shape index (κ3) is 3.66. The predicted molar refractivity (Wildman–Crippen MR) is 98.7 cm³/mol. The van der Waals surface area contributed by atoms with Crippen LogP contribution >= 0.6 is 11.3 Å². The first-order chi connectivity index (χ1) is 11.5. The van der Waals surface area contributed by atoms with E-state index in [0.29, 0.717) is 12.2 Å². The Morgan fingerprint density at radius 2 is 2.04 bits per heavy atom. The molecular formula is C18H22N4OS. The molecule has 0 unspecified atom stereocenters. The van der Waals surface area contributed by atoms with Crippen molar-refractivity contribution < 1.29 is 4.79 Å². The lowest BCUT2D eigenvalue weighted by atomic mass is 10.1. The number of amides is 1. The van der Waals surface area contributed by atoms with Gasteiger partial charge in [-0.1, -0.05) is 29.8 Å². The highest BCUT2D eigenvalue weighted by molar-refractivity contribution is 7.15. The highest BCUT2D eigenvalue weighted by Gasteiger charge is 2.14. The van der Waals surface area contributed by atoms with E-state index in [4.69, 9.17) is 0 Å². The molecule has 0 aliphatic heterocycles. The van der Waals surface area contributed by atoms with E-state index in [1.165, 1.54) is 16.9 Å². The second-order valence-corrected chi connectivity index (χ2v) is 7.01. The number of nitrogens with one attached hydrogen (secondary N) is 1. The lowest BCUT2D eigenvalue weighted by Gasteiger charge is -2.09. The zero-order valence-corrected chi connectivity index (χ0v) is 15.1. The third-order valence-corrected chi connectivity index (χ3v) is 4.70. The highest BCUT2D eigenvalue weighted by atomic mass is 32.1. The number of fused-ring (bicyclic) bond motifs is 1. The van der Waals surface area contributed by atoms with Crippen LogP contribution in [0.4, 0.5) is 0 Å². The Morgan fingerprint density at radius 1 is 1.29 bits per heavy atom. The van der Waals surface area contributed by atoms with Gasteiger partial charge in [-0.15, -0.1) is 11.3 Å². The van der Waals surface area contributed by atoms with Crippen molar-refractivity contribution in [3.05, 3.63) is 47.1 Å². The first-order valence-electron chi connectivity index (χ1n) is 8.01. The third-order valence-electron chi connectivity index (χ3n) is 3.86. The predicted octanol–water partition coefficient (Wildman–Crippen LogP) is 3.05. The van der Waals surface area contributed by atoms with Crippen LogP contribution in [-0.4, -0.2) is 47.4 Å². The van der Waals surface area contributed by atoms with Crippen LogP contribution in [-0.2, 0) is 0 Å². The molecule has 0 aliphatic rings. The summed E-state index contributed by atoms with van der Waals surface area (Å²) in [4.78, 5) is 20.0. The molecule has 0 atom stereocenters. The normalized spacial score (nSPS) is 11.3. The molecule has 1 N–H and O–H groups in total. The van der Waals surface area contributed by atoms with E-state index >= 15 is 0 Å². The zero-order valence-electron chi connectivity index (χ0n) is 14.2. The summed E-state index contributed by atoms with van der Waals surface area (Å²) in [6.45, 7) is 3.70. The maximum atomic E-state index is 12.4. The van der Waals surface area contributed by atoms with Crippen molar-refractivity contribution in [1.29, 1.82) is 0 Å². The molecular weight excluding hydrogens is 320 g/mol. The van der Waals surface area contributed by atoms with Gasteiger partial charge in [0.2, 0.25) is 0 Å². The quantitative estimate of drug-likeness (QED) is 0.701. The number of aromatic nitrogens is 2. The van der Waals surface area contributed by atoms with E-state index in [1.54, 1.807) is 0 Å². The van der Waals surface area contributed by atoms with Gasteiger partial charge < -0.3 is 10.2 Å². The molecule has 0 bridgehead atoms. The van der Waals surface area contributed by atoms with Gasteiger partial charge in [-0.05, 0) is 34.0 Å². The van der Waals surface area contributed by atoms with Crippen LogP contribution in [0.1, 0.15) is 22.5 Å². The van der Waals surface area contributed by atoms with Gasteiger partial charge in [0.15, 0.2) is 4.96 Å². The number of aryl methyl sites for hydroxylation is 1. The van der Waals surface area contributed by atoms with Crippen molar-refractivity contribution in [2.75, 3.05) is 27.2 Å². The fraction of sp³-hybridized carbons (Fsp3) is 0.333. The van der Waals surface area contributed by atoms with Crippen LogP contribution in [0.2, 0.25) is 0 Å². The summed E-state index contributed by atoms with van der Waals surface area (Å²) in [6, 6.07) is 8.26. The van der Waals surface area contributed by atoms with Gasteiger partial charge in [0.05, 0.1) is 5.69 Å². The monoisotopic (exact) mass is 342 g/mol. The molecule has 2 heterocycles. The molecule has 3 rings (SSSR count). The number of carbonyl (C=O) groups is 1. The molecule has 0 saturated heterocycles. The molecule has 6 heteroatoms. The summed E-state index contributed by atoms with van der Waals surface area (Å²) in [5.74, 6) is -0.0483.